The first kappa shape index (κ1) is 13.7. The highest BCUT2D eigenvalue weighted by Crippen LogP contribution is 2.26. The summed E-state index contributed by atoms with van der Waals surface area (Å²) in [5.41, 5.74) is 3.44. The molecule has 108 valence electrons. The summed E-state index contributed by atoms with van der Waals surface area (Å²) in [6, 6.07) is 16.1. The molecule has 0 radical (unpaired) electrons. The van der Waals surface area contributed by atoms with Gasteiger partial charge in [-0.3, -0.25) is 4.79 Å². The minimum absolute atomic E-state index is 0.0611. The molecule has 1 aliphatic rings. The van der Waals surface area contributed by atoms with E-state index in [9.17, 15) is 4.79 Å². The molecule has 3 nitrogen and oxygen atoms in total. The minimum Gasteiger partial charge on any atom is -0.492 e. The van der Waals surface area contributed by atoms with Gasteiger partial charge in [0.2, 0.25) is 5.91 Å². The van der Waals surface area contributed by atoms with Crippen LogP contribution in [0, 0.1) is 12.8 Å². The lowest BCUT2D eigenvalue weighted by molar-refractivity contribution is -0.126. The molecule has 21 heavy (non-hydrogen) atoms. The number of para-hydroxylation sites is 1. The molecule has 0 saturated carbocycles. The lowest BCUT2D eigenvalue weighted by Gasteiger charge is -2.24. The largest absolute Gasteiger partial charge is 0.492 e. The van der Waals surface area contributed by atoms with Crippen LogP contribution >= 0.6 is 0 Å². The third-order valence-corrected chi connectivity index (χ3v) is 3.80. The van der Waals surface area contributed by atoms with Crippen molar-refractivity contribution in [3.63, 3.8) is 0 Å². The molecule has 1 unspecified atom stereocenters. The molecule has 0 saturated heterocycles. The topological polar surface area (TPSA) is 38.3 Å². The number of ether oxygens (including phenoxy) is 1. The first-order valence-electron chi connectivity index (χ1n) is 7.26. The smallest absolute Gasteiger partial charge is 0.227 e. The number of hydrogen-bond acceptors (Lipinski definition) is 2. The third-order valence-electron chi connectivity index (χ3n) is 3.80. The van der Waals surface area contributed by atoms with Crippen molar-refractivity contribution in [3.05, 3.63) is 65.2 Å². The average Bonchev–Trinajstić information content (AvgIpc) is 2.52. The third kappa shape index (κ3) is 3.24. The molecule has 1 atom stereocenters. The summed E-state index contributed by atoms with van der Waals surface area (Å²) in [6.07, 6.45) is 0.746. The van der Waals surface area contributed by atoms with Crippen molar-refractivity contribution in [2.24, 2.45) is 5.92 Å². The van der Waals surface area contributed by atoms with Crippen LogP contribution < -0.4 is 10.1 Å². The SMILES string of the molecule is Cc1cccc(CNC(=O)C2COc3ccccc3C2)c1. The van der Waals surface area contributed by atoms with Crippen molar-refractivity contribution in [3.8, 4) is 5.75 Å². The number of hydrogen-bond donors (Lipinski definition) is 1. The molecular weight excluding hydrogens is 262 g/mol. The molecule has 1 heterocycles. The van der Waals surface area contributed by atoms with E-state index in [-0.39, 0.29) is 11.8 Å². The second kappa shape index (κ2) is 6.00. The van der Waals surface area contributed by atoms with Gasteiger partial charge in [-0.2, -0.15) is 0 Å². The van der Waals surface area contributed by atoms with Gasteiger partial charge in [0.05, 0.1) is 5.92 Å². The number of benzene rings is 2. The van der Waals surface area contributed by atoms with Gasteiger partial charge in [0.15, 0.2) is 0 Å². The van der Waals surface area contributed by atoms with Gasteiger partial charge in [-0.25, -0.2) is 0 Å². The first-order chi connectivity index (χ1) is 10.2. The van der Waals surface area contributed by atoms with Gasteiger partial charge >= 0.3 is 0 Å². The van der Waals surface area contributed by atoms with Crippen molar-refractivity contribution in [2.45, 2.75) is 19.9 Å². The second-order valence-corrected chi connectivity index (χ2v) is 5.53. The Kier molecular flexibility index (Phi) is 3.91. The fraction of sp³-hybridized carbons (Fsp3) is 0.278. The second-order valence-electron chi connectivity index (χ2n) is 5.53. The molecule has 0 aliphatic carbocycles. The highest BCUT2D eigenvalue weighted by atomic mass is 16.5. The number of aryl methyl sites for hydroxylation is 1. The van der Waals surface area contributed by atoms with Crippen LogP contribution in [-0.4, -0.2) is 12.5 Å². The van der Waals surface area contributed by atoms with E-state index in [1.807, 2.05) is 36.4 Å². The van der Waals surface area contributed by atoms with Crippen molar-refractivity contribution < 1.29 is 9.53 Å². The highest BCUT2D eigenvalue weighted by molar-refractivity contribution is 5.79. The van der Waals surface area contributed by atoms with E-state index in [4.69, 9.17) is 4.74 Å². The predicted octanol–water partition coefficient (Wildman–Crippen LogP) is 2.86. The zero-order valence-electron chi connectivity index (χ0n) is 12.1. The van der Waals surface area contributed by atoms with Crippen LogP contribution in [-0.2, 0) is 17.8 Å². The van der Waals surface area contributed by atoms with Crippen LogP contribution in [0.25, 0.3) is 0 Å². The van der Waals surface area contributed by atoms with Crippen molar-refractivity contribution in [1.29, 1.82) is 0 Å². The van der Waals surface area contributed by atoms with E-state index in [0.717, 1.165) is 23.3 Å². The summed E-state index contributed by atoms with van der Waals surface area (Å²) >= 11 is 0. The van der Waals surface area contributed by atoms with Crippen LogP contribution in [0.1, 0.15) is 16.7 Å². The fourth-order valence-corrected chi connectivity index (χ4v) is 2.65. The Labute approximate surface area is 124 Å². The van der Waals surface area contributed by atoms with Crippen molar-refractivity contribution in [2.75, 3.05) is 6.61 Å². The molecule has 0 bridgehead atoms. The Balaban J connectivity index is 1.59. The van der Waals surface area contributed by atoms with Gasteiger partial charge in [0.1, 0.15) is 12.4 Å². The first-order valence-corrected chi connectivity index (χ1v) is 7.26. The predicted molar refractivity (Wildman–Crippen MR) is 82.2 cm³/mol. The normalized spacial score (nSPS) is 16.7. The van der Waals surface area contributed by atoms with Gasteiger partial charge in [0.25, 0.3) is 0 Å². The molecular formula is C18H19NO2. The van der Waals surface area contributed by atoms with Gasteiger partial charge in [-0.15, -0.1) is 0 Å². The van der Waals surface area contributed by atoms with E-state index < -0.39 is 0 Å². The summed E-state index contributed by atoms with van der Waals surface area (Å²) in [7, 11) is 0. The summed E-state index contributed by atoms with van der Waals surface area (Å²) in [5, 5.41) is 3.01. The van der Waals surface area contributed by atoms with Crippen LogP contribution in [0.3, 0.4) is 0 Å². The van der Waals surface area contributed by atoms with Crippen LogP contribution in [0.4, 0.5) is 0 Å². The summed E-state index contributed by atoms with van der Waals surface area (Å²) in [5.74, 6) is 0.857. The zero-order valence-corrected chi connectivity index (χ0v) is 12.1. The van der Waals surface area contributed by atoms with Crippen LogP contribution in [0.5, 0.6) is 5.75 Å². The Morgan fingerprint density at radius 2 is 2.10 bits per heavy atom. The number of amides is 1. The van der Waals surface area contributed by atoms with Gasteiger partial charge in [-0.05, 0) is 30.5 Å². The van der Waals surface area contributed by atoms with Crippen LogP contribution in [0.15, 0.2) is 48.5 Å². The van der Waals surface area contributed by atoms with E-state index in [2.05, 4.69) is 24.4 Å². The zero-order chi connectivity index (χ0) is 14.7. The molecule has 3 rings (SSSR count). The number of carbonyl (C=O) groups excluding carboxylic acids is 1. The number of rotatable bonds is 3. The molecule has 2 aromatic carbocycles. The molecule has 0 spiro atoms. The molecule has 1 N–H and O–H groups in total. The van der Waals surface area contributed by atoms with E-state index in [0.29, 0.717) is 13.2 Å². The van der Waals surface area contributed by atoms with Gasteiger partial charge in [0, 0.05) is 6.54 Å². The summed E-state index contributed by atoms with van der Waals surface area (Å²) in [6.45, 7) is 3.08. The molecule has 0 aromatic heterocycles. The molecule has 2 aromatic rings. The fourth-order valence-electron chi connectivity index (χ4n) is 2.65. The maximum Gasteiger partial charge on any atom is 0.227 e. The molecule has 3 heteroatoms. The average molecular weight is 281 g/mol. The standard InChI is InChI=1S/C18H19NO2/c1-13-5-4-6-14(9-13)11-19-18(20)16-10-15-7-2-3-8-17(15)21-12-16/h2-9,16H,10-12H2,1H3,(H,19,20). The number of carbonyl (C=O) groups is 1. The number of nitrogens with one attached hydrogen (secondary N) is 1. The monoisotopic (exact) mass is 281 g/mol. The number of fused-ring (bicyclic) bond motifs is 1. The summed E-state index contributed by atoms with van der Waals surface area (Å²) in [4.78, 5) is 12.3. The molecule has 1 aliphatic heterocycles. The van der Waals surface area contributed by atoms with E-state index >= 15 is 0 Å². The van der Waals surface area contributed by atoms with Crippen molar-refractivity contribution in [1.82, 2.24) is 5.32 Å². The molecule has 1 amide bonds. The van der Waals surface area contributed by atoms with Crippen LogP contribution in [0.2, 0.25) is 0 Å². The molecule has 0 fully saturated rings. The Bertz CT molecular complexity index is 651. The quantitative estimate of drug-likeness (QED) is 0.939. The lowest BCUT2D eigenvalue weighted by Crippen LogP contribution is -2.37. The Morgan fingerprint density at radius 1 is 1.24 bits per heavy atom. The maximum absolute atomic E-state index is 12.3. The van der Waals surface area contributed by atoms with E-state index in [1.54, 1.807) is 0 Å². The van der Waals surface area contributed by atoms with E-state index in [1.165, 1.54) is 5.56 Å². The van der Waals surface area contributed by atoms with Crippen molar-refractivity contribution >= 4 is 5.91 Å². The Hall–Kier alpha value is -2.29. The lowest BCUT2D eigenvalue weighted by atomic mass is 9.96. The maximum atomic E-state index is 12.3. The summed E-state index contributed by atoms with van der Waals surface area (Å²) < 4.78 is 5.67. The highest BCUT2D eigenvalue weighted by Gasteiger charge is 2.25. The van der Waals surface area contributed by atoms with Gasteiger partial charge in [-0.1, -0.05) is 48.0 Å². The van der Waals surface area contributed by atoms with Gasteiger partial charge < -0.3 is 10.1 Å². The Morgan fingerprint density at radius 3 is 2.95 bits per heavy atom. The minimum atomic E-state index is -0.107.